The van der Waals surface area contributed by atoms with E-state index in [9.17, 15) is 29.1 Å². The van der Waals surface area contributed by atoms with Crippen molar-refractivity contribution in [2.45, 2.75) is 44.7 Å². The number of nitrogens with one attached hydrogen (secondary N) is 3. The summed E-state index contributed by atoms with van der Waals surface area (Å²) in [5.74, 6) is -1.93. The first-order valence-corrected chi connectivity index (χ1v) is 12.7. The monoisotopic (exact) mass is 534 g/mol. The maximum atomic E-state index is 12.3. The fourth-order valence-electron chi connectivity index (χ4n) is 4.70. The molecule has 1 aliphatic rings. The maximum Gasteiger partial charge on any atom is 0.407 e. The first kappa shape index (κ1) is 27.4. The molecule has 11 nitrogen and oxygen atoms in total. The van der Waals surface area contributed by atoms with Crippen molar-refractivity contribution < 1.29 is 24.2 Å². The summed E-state index contributed by atoms with van der Waals surface area (Å²) in [6.07, 6.45) is 1.71. The second kappa shape index (κ2) is 12.2. The number of H-pyrrole nitrogens is 1. The van der Waals surface area contributed by atoms with Gasteiger partial charge >= 0.3 is 17.8 Å². The largest absolute Gasteiger partial charge is 0.480 e. The molecule has 0 aliphatic heterocycles. The van der Waals surface area contributed by atoms with Gasteiger partial charge in [0.15, 0.2) is 0 Å². The molecule has 0 saturated carbocycles. The first-order valence-electron chi connectivity index (χ1n) is 12.7. The Morgan fingerprint density at radius 1 is 1.03 bits per heavy atom. The van der Waals surface area contributed by atoms with Gasteiger partial charge in [-0.3, -0.25) is 19.1 Å². The third-order valence-electron chi connectivity index (χ3n) is 6.67. The Bertz CT molecular complexity index is 1450. The van der Waals surface area contributed by atoms with E-state index in [1.54, 1.807) is 0 Å². The van der Waals surface area contributed by atoms with Gasteiger partial charge in [-0.1, -0.05) is 48.5 Å². The van der Waals surface area contributed by atoms with E-state index in [2.05, 4.69) is 27.8 Å². The van der Waals surface area contributed by atoms with E-state index in [-0.39, 0.29) is 31.1 Å². The van der Waals surface area contributed by atoms with Crippen LogP contribution in [0.3, 0.4) is 0 Å². The number of carbonyl (C=O) groups is 3. The van der Waals surface area contributed by atoms with Gasteiger partial charge in [0.25, 0.3) is 5.56 Å². The van der Waals surface area contributed by atoms with Crippen molar-refractivity contribution >= 4 is 18.0 Å². The third-order valence-corrected chi connectivity index (χ3v) is 6.67. The number of ether oxygens (including phenoxy) is 1. The number of unbranched alkanes of at least 4 members (excludes halogenated alkanes) is 1. The summed E-state index contributed by atoms with van der Waals surface area (Å²) in [6.45, 7) is 1.54. The van der Waals surface area contributed by atoms with Gasteiger partial charge in [0.2, 0.25) is 5.91 Å². The number of carboxylic acids is 1. The number of hydrogen-bond acceptors (Lipinski definition) is 6. The number of aromatic nitrogens is 2. The van der Waals surface area contributed by atoms with Gasteiger partial charge in [-0.05, 0) is 48.4 Å². The van der Waals surface area contributed by atoms with Crippen molar-refractivity contribution in [1.29, 1.82) is 0 Å². The van der Waals surface area contributed by atoms with Crippen LogP contribution in [0.25, 0.3) is 11.1 Å². The molecule has 1 atom stereocenters. The predicted molar refractivity (Wildman–Crippen MR) is 143 cm³/mol. The van der Waals surface area contributed by atoms with Crippen molar-refractivity contribution in [3.8, 4) is 11.1 Å². The Labute approximate surface area is 223 Å². The molecule has 1 heterocycles. The van der Waals surface area contributed by atoms with E-state index in [0.717, 1.165) is 26.8 Å². The number of benzene rings is 2. The van der Waals surface area contributed by atoms with Gasteiger partial charge < -0.3 is 20.5 Å². The third kappa shape index (κ3) is 6.61. The molecule has 11 heteroatoms. The minimum Gasteiger partial charge on any atom is -0.480 e. The molecular weight excluding hydrogens is 504 g/mol. The molecule has 0 spiro atoms. The molecule has 0 fully saturated rings. The molecule has 2 aromatic carbocycles. The van der Waals surface area contributed by atoms with E-state index in [1.165, 1.54) is 13.1 Å². The zero-order chi connectivity index (χ0) is 27.9. The van der Waals surface area contributed by atoms with Crippen molar-refractivity contribution in [2.75, 3.05) is 13.2 Å². The lowest BCUT2D eigenvalue weighted by molar-refractivity contribution is -0.142. The Balaban J connectivity index is 1.19. The van der Waals surface area contributed by atoms with Crippen LogP contribution in [-0.4, -0.2) is 51.8 Å². The maximum absolute atomic E-state index is 12.3. The second-order valence-corrected chi connectivity index (χ2v) is 9.41. The molecule has 1 aromatic heterocycles. The average Bonchev–Trinajstić information content (AvgIpc) is 3.23. The summed E-state index contributed by atoms with van der Waals surface area (Å²) in [5.41, 5.74) is 3.47. The van der Waals surface area contributed by atoms with E-state index < -0.39 is 41.8 Å². The molecule has 4 N–H and O–H groups in total. The summed E-state index contributed by atoms with van der Waals surface area (Å²) in [4.78, 5) is 61.6. The smallest absolute Gasteiger partial charge is 0.407 e. The van der Waals surface area contributed by atoms with Crippen LogP contribution in [0.15, 0.2) is 64.3 Å². The quantitative estimate of drug-likeness (QED) is 0.274. The molecule has 2 amide bonds. The number of amides is 2. The highest BCUT2D eigenvalue weighted by molar-refractivity contribution is 5.83. The summed E-state index contributed by atoms with van der Waals surface area (Å²) in [6, 6.07) is 15.0. The lowest BCUT2D eigenvalue weighted by atomic mass is 9.98. The van der Waals surface area contributed by atoms with E-state index in [1.807, 2.05) is 36.4 Å². The van der Waals surface area contributed by atoms with Gasteiger partial charge in [0.1, 0.15) is 19.2 Å². The highest BCUT2D eigenvalue weighted by atomic mass is 16.5. The van der Waals surface area contributed by atoms with Gasteiger partial charge in [0.05, 0.1) is 0 Å². The Hall–Kier alpha value is -4.67. The number of nitrogens with zero attached hydrogens (tertiary/aromatic N) is 1. The number of aliphatic carboxylic acids is 1. The highest BCUT2D eigenvalue weighted by Crippen LogP contribution is 2.44. The van der Waals surface area contributed by atoms with Crippen LogP contribution < -0.4 is 21.9 Å². The lowest BCUT2D eigenvalue weighted by Gasteiger charge is -2.16. The Morgan fingerprint density at radius 2 is 1.67 bits per heavy atom. The number of hydrogen-bond donors (Lipinski definition) is 4. The van der Waals surface area contributed by atoms with E-state index in [4.69, 9.17) is 4.74 Å². The van der Waals surface area contributed by atoms with Crippen LogP contribution in [0.5, 0.6) is 0 Å². The number of fused-ring (bicyclic) bond motifs is 3. The zero-order valence-corrected chi connectivity index (χ0v) is 21.4. The number of aromatic amines is 1. The predicted octanol–water partition coefficient (Wildman–Crippen LogP) is 2.12. The normalized spacial score (nSPS) is 12.7. The Morgan fingerprint density at radius 3 is 2.31 bits per heavy atom. The average molecular weight is 535 g/mol. The van der Waals surface area contributed by atoms with Gasteiger partial charge in [-0.25, -0.2) is 14.4 Å². The number of carboxylic acid groups (broad SMARTS) is 1. The lowest BCUT2D eigenvalue weighted by Crippen LogP contribution is -2.44. The number of aryl methyl sites for hydroxylation is 1. The van der Waals surface area contributed by atoms with Gasteiger partial charge in [-0.15, -0.1) is 0 Å². The van der Waals surface area contributed by atoms with Crippen molar-refractivity contribution in [1.82, 2.24) is 20.2 Å². The minimum atomic E-state index is -1.21. The molecule has 4 rings (SSSR count). The summed E-state index contributed by atoms with van der Waals surface area (Å²) < 4.78 is 6.49. The molecule has 0 radical (unpaired) electrons. The summed E-state index contributed by atoms with van der Waals surface area (Å²) in [7, 11) is 0. The number of rotatable bonds is 11. The molecule has 3 aromatic rings. The van der Waals surface area contributed by atoms with Gasteiger partial charge in [-0.2, -0.15) is 0 Å². The minimum absolute atomic E-state index is 0.0426. The fraction of sp³-hybridized carbons (Fsp3) is 0.321. The fourth-order valence-corrected chi connectivity index (χ4v) is 4.70. The highest BCUT2D eigenvalue weighted by Gasteiger charge is 2.29. The second-order valence-electron chi connectivity index (χ2n) is 9.41. The standard InChI is InChI=1S/C28H30N4O7/c1-17-14-32(27(37)31-25(17)34)15-24(33)30-23(26(35)36)12-6-7-13-29-28(38)39-16-22-20-10-4-2-8-18(20)19-9-3-5-11-21(19)22/h2-5,8-11,14,22-23H,6-7,12-13,15-16H2,1H3,(H,29,38)(H,30,33)(H,35,36)(H,31,34,37)/t23-/m0/s1. The molecule has 204 valence electrons. The van der Waals surface area contributed by atoms with Crippen LogP contribution in [0.1, 0.15) is 41.9 Å². The Kier molecular flexibility index (Phi) is 8.60. The SMILES string of the molecule is Cc1cn(CC(=O)N[C@@H](CCCCNC(=O)OCC2c3ccccc3-c3ccccc32)C(=O)O)c(=O)[nH]c1=O. The van der Waals surface area contributed by atoms with Crippen LogP contribution in [-0.2, 0) is 20.9 Å². The molecule has 1 aliphatic carbocycles. The van der Waals surface area contributed by atoms with E-state index in [0.29, 0.717) is 12.8 Å². The van der Waals surface area contributed by atoms with Gasteiger partial charge in [0, 0.05) is 24.2 Å². The summed E-state index contributed by atoms with van der Waals surface area (Å²) in [5, 5.41) is 14.5. The first-order chi connectivity index (χ1) is 18.7. The number of alkyl carbamates (subject to hydrolysis) is 1. The van der Waals surface area contributed by atoms with Crippen LogP contribution in [0.2, 0.25) is 0 Å². The zero-order valence-electron chi connectivity index (χ0n) is 21.4. The molecule has 0 unspecified atom stereocenters. The molecular formula is C28H30N4O7. The van der Waals surface area contributed by atoms with Crippen molar-refractivity contribution in [3.63, 3.8) is 0 Å². The van der Waals surface area contributed by atoms with Crippen LogP contribution in [0, 0.1) is 6.92 Å². The molecule has 0 bridgehead atoms. The molecule has 39 heavy (non-hydrogen) atoms. The van der Waals surface area contributed by atoms with Crippen LogP contribution in [0.4, 0.5) is 4.79 Å². The molecule has 0 saturated heterocycles. The van der Waals surface area contributed by atoms with Crippen LogP contribution >= 0.6 is 0 Å². The van der Waals surface area contributed by atoms with E-state index >= 15 is 0 Å². The number of carbonyl (C=O) groups excluding carboxylic acids is 2. The summed E-state index contributed by atoms with van der Waals surface area (Å²) >= 11 is 0. The topological polar surface area (TPSA) is 160 Å². The van der Waals surface area contributed by atoms with Crippen molar-refractivity contribution in [2.24, 2.45) is 0 Å². The van der Waals surface area contributed by atoms with Crippen molar-refractivity contribution in [3.05, 3.63) is 92.3 Å².